The molecule has 24 heavy (non-hydrogen) atoms. The molecule has 2 heterocycles. The molecule has 0 saturated carbocycles. The van der Waals surface area contributed by atoms with Crippen molar-refractivity contribution in [2.24, 2.45) is 0 Å². The number of hydrogen-bond acceptors (Lipinski definition) is 3. The third-order valence-corrected chi connectivity index (χ3v) is 4.91. The smallest absolute Gasteiger partial charge is 0.251 e. The number of benzene rings is 2. The standard InChI is InChI=1S/C19H16N4O/c24-19-15-6-2-1-5-13(15)14-10-9-12(11-17(14)20-19)23-18-8-4-3-7-16(18)21-22-23/h3-4,7-11H,1-2,5-6H2,(H,20,24). The quantitative estimate of drug-likeness (QED) is 0.587. The number of para-hydroxylation sites is 1. The maximum absolute atomic E-state index is 12.4. The van der Waals surface area contributed by atoms with Crippen molar-refractivity contribution in [3.8, 4) is 5.69 Å². The zero-order valence-electron chi connectivity index (χ0n) is 13.1. The Balaban J connectivity index is 1.76. The van der Waals surface area contributed by atoms with Crippen LogP contribution < -0.4 is 5.56 Å². The number of nitrogens with one attached hydrogen (secondary N) is 1. The van der Waals surface area contributed by atoms with Crippen molar-refractivity contribution >= 4 is 21.9 Å². The van der Waals surface area contributed by atoms with E-state index in [0.29, 0.717) is 0 Å². The molecule has 0 aliphatic heterocycles. The lowest BCUT2D eigenvalue weighted by Crippen LogP contribution is -2.19. The number of aryl methyl sites for hydroxylation is 1. The van der Waals surface area contributed by atoms with E-state index in [4.69, 9.17) is 0 Å². The molecule has 2 aromatic carbocycles. The highest BCUT2D eigenvalue weighted by Gasteiger charge is 2.17. The summed E-state index contributed by atoms with van der Waals surface area (Å²) in [4.78, 5) is 15.4. The van der Waals surface area contributed by atoms with Crippen molar-refractivity contribution in [3.05, 3.63) is 63.9 Å². The van der Waals surface area contributed by atoms with Crippen LogP contribution in [0.2, 0.25) is 0 Å². The summed E-state index contributed by atoms with van der Waals surface area (Å²) in [6, 6.07) is 14.0. The van der Waals surface area contributed by atoms with Gasteiger partial charge in [0.1, 0.15) is 5.52 Å². The minimum Gasteiger partial charge on any atom is -0.322 e. The Morgan fingerprint density at radius 1 is 1.00 bits per heavy atom. The fourth-order valence-corrected chi connectivity index (χ4v) is 3.74. The van der Waals surface area contributed by atoms with Crippen molar-refractivity contribution in [1.29, 1.82) is 0 Å². The SMILES string of the molecule is O=c1[nH]c2cc(-n3nnc4ccccc43)ccc2c2c1CCCC2. The van der Waals surface area contributed by atoms with Gasteiger partial charge in [-0.1, -0.05) is 23.4 Å². The Hall–Kier alpha value is -2.95. The molecule has 1 aliphatic carbocycles. The summed E-state index contributed by atoms with van der Waals surface area (Å²) in [5, 5.41) is 9.61. The number of aromatic nitrogens is 4. The van der Waals surface area contributed by atoms with Gasteiger partial charge < -0.3 is 4.98 Å². The van der Waals surface area contributed by atoms with Gasteiger partial charge in [-0.15, -0.1) is 5.10 Å². The second-order valence-electron chi connectivity index (χ2n) is 6.34. The number of nitrogens with zero attached hydrogens (tertiary/aromatic N) is 3. The largest absolute Gasteiger partial charge is 0.322 e. The fraction of sp³-hybridized carbons (Fsp3) is 0.211. The summed E-state index contributed by atoms with van der Waals surface area (Å²) in [7, 11) is 0. The first kappa shape index (κ1) is 13.5. The van der Waals surface area contributed by atoms with Crippen LogP contribution in [0.15, 0.2) is 47.3 Å². The Morgan fingerprint density at radius 3 is 2.75 bits per heavy atom. The molecule has 1 N–H and O–H groups in total. The highest BCUT2D eigenvalue weighted by molar-refractivity contribution is 5.86. The molecule has 0 saturated heterocycles. The fourth-order valence-electron chi connectivity index (χ4n) is 3.74. The molecule has 5 nitrogen and oxygen atoms in total. The van der Waals surface area contributed by atoms with Crippen molar-refractivity contribution in [2.45, 2.75) is 25.7 Å². The summed E-state index contributed by atoms with van der Waals surface area (Å²) in [6.45, 7) is 0. The van der Waals surface area contributed by atoms with Crippen molar-refractivity contribution in [2.75, 3.05) is 0 Å². The van der Waals surface area contributed by atoms with Gasteiger partial charge in [-0.05, 0) is 55.5 Å². The average Bonchev–Trinajstić information content (AvgIpc) is 3.06. The van der Waals surface area contributed by atoms with E-state index in [1.165, 1.54) is 5.56 Å². The van der Waals surface area contributed by atoms with Crippen LogP contribution >= 0.6 is 0 Å². The first-order chi connectivity index (χ1) is 11.8. The highest BCUT2D eigenvalue weighted by Crippen LogP contribution is 2.27. The first-order valence-electron chi connectivity index (χ1n) is 8.30. The van der Waals surface area contributed by atoms with Gasteiger partial charge in [0.25, 0.3) is 5.56 Å². The molecule has 0 amide bonds. The number of H-pyrrole nitrogens is 1. The third-order valence-electron chi connectivity index (χ3n) is 4.91. The van der Waals surface area contributed by atoms with Crippen LogP contribution in [0, 0.1) is 0 Å². The average molecular weight is 316 g/mol. The molecule has 1 aliphatic rings. The Bertz CT molecular complexity index is 1140. The summed E-state index contributed by atoms with van der Waals surface area (Å²) < 4.78 is 1.81. The van der Waals surface area contributed by atoms with E-state index >= 15 is 0 Å². The Morgan fingerprint density at radius 2 is 1.83 bits per heavy atom. The zero-order valence-corrected chi connectivity index (χ0v) is 13.1. The van der Waals surface area contributed by atoms with Gasteiger partial charge in [-0.25, -0.2) is 4.68 Å². The molecular formula is C19H16N4O. The van der Waals surface area contributed by atoms with Crippen LogP contribution in [-0.4, -0.2) is 20.0 Å². The number of pyridine rings is 1. The summed E-state index contributed by atoms with van der Waals surface area (Å²) in [5.74, 6) is 0. The van der Waals surface area contributed by atoms with Gasteiger partial charge in [0, 0.05) is 10.9 Å². The molecule has 0 fully saturated rings. The molecule has 2 aromatic heterocycles. The van der Waals surface area contributed by atoms with Gasteiger partial charge in [-0.2, -0.15) is 0 Å². The summed E-state index contributed by atoms with van der Waals surface area (Å²) in [5.41, 5.74) is 5.83. The van der Waals surface area contributed by atoms with Crippen molar-refractivity contribution < 1.29 is 0 Å². The molecule has 4 aromatic rings. The van der Waals surface area contributed by atoms with Gasteiger partial charge in [0.2, 0.25) is 0 Å². The maximum Gasteiger partial charge on any atom is 0.251 e. The number of rotatable bonds is 1. The second kappa shape index (κ2) is 5.03. The van der Waals surface area contributed by atoms with Crippen molar-refractivity contribution in [3.63, 3.8) is 0 Å². The monoisotopic (exact) mass is 316 g/mol. The predicted molar refractivity (Wildman–Crippen MR) is 93.6 cm³/mol. The van der Waals surface area contributed by atoms with Gasteiger partial charge >= 0.3 is 0 Å². The van der Waals surface area contributed by atoms with Crippen molar-refractivity contribution in [1.82, 2.24) is 20.0 Å². The zero-order chi connectivity index (χ0) is 16.1. The lowest BCUT2D eigenvalue weighted by atomic mass is 9.90. The lowest BCUT2D eigenvalue weighted by Gasteiger charge is -2.17. The number of hydrogen-bond donors (Lipinski definition) is 1. The van der Waals surface area contributed by atoms with Crippen LogP contribution in [0.3, 0.4) is 0 Å². The Labute approximate surface area is 137 Å². The van der Waals surface area contributed by atoms with E-state index in [1.807, 2.05) is 35.0 Å². The van der Waals surface area contributed by atoms with Gasteiger partial charge in [0.05, 0.1) is 16.7 Å². The van der Waals surface area contributed by atoms with E-state index < -0.39 is 0 Å². The maximum atomic E-state index is 12.4. The van der Waals surface area contributed by atoms with E-state index in [1.54, 1.807) is 0 Å². The normalized spacial score (nSPS) is 14.2. The second-order valence-corrected chi connectivity index (χ2v) is 6.34. The minimum atomic E-state index is 0.0535. The van der Waals surface area contributed by atoms with Gasteiger partial charge in [-0.3, -0.25) is 4.79 Å². The van der Waals surface area contributed by atoms with E-state index in [0.717, 1.165) is 58.9 Å². The molecule has 0 bridgehead atoms. The molecule has 0 unspecified atom stereocenters. The van der Waals surface area contributed by atoms with Crippen LogP contribution in [0.1, 0.15) is 24.0 Å². The topological polar surface area (TPSA) is 63.6 Å². The minimum absolute atomic E-state index is 0.0535. The highest BCUT2D eigenvalue weighted by atomic mass is 16.1. The molecule has 0 radical (unpaired) electrons. The van der Waals surface area contributed by atoms with Crippen LogP contribution in [0.5, 0.6) is 0 Å². The van der Waals surface area contributed by atoms with E-state index in [-0.39, 0.29) is 5.56 Å². The third kappa shape index (κ3) is 1.91. The number of aromatic amines is 1. The molecule has 5 rings (SSSR count). The predicted octanol–water partition coefficient (Wildman–Crippen LogP) is 3.14. The summed E-state index contributed by atoms with van der Waals surface area (Å²) >= 11 is 0. The molecule has 0 atom stereocenters. The Kier molecular flexibility index (Phi) is 2.82. The van der Waals surface area contributed by atoms with E-state index in [2.05, 4.69) is 27.4 Å². The molecule has 5 heteroatoms. The molecule has 0 spiro atoms. The lowest BCUT2D eigenvalue weighted by molar-refractivity contribution is 0.682. The first-order valence-corrected chi connectivity index (χ1v) is 8.30. The van der Waals surface area contributed by atoms with E-state index in [9.17, 15) is 4.79 Å². The molecule has 118 valence electrons. The van der Waals surface area contributed by atoms with Crippen LogP contribution in [-0.2, 0) is 12.8 Å². The van der Waals surface area contributed by atoms with Crippen LogP contribution in [0.25, 0.3) is 27.6 Å². The number of fused-ring (bicyclic) bond motifs is 4. The van der Waals surface area contributed by atoms with Crippen LogP contribution in [0.4, 0.5) is 0 Å². The summed E-state index contributed by atoms with van der Waals surface area (Å²) in [6.07, 6.45) is 4.13. The van der Waals surface area contributed by atoms with Gasteiger partial charge in [0.15, 0.2) is 0 Å². The molecular weight excluding hydrogens is 300 g/mol.